The first-order valence-electron chi connectivity index (χ1n) is 17.1. The van der Waals surface area contributed by atoms with E-state index in [1.54, 1.807) is 12.0 Å². The van der Waals surface area contributed by atoms with Crippen molar-refractivity contribution in [3.63, 3.8) is 0 Å². The summed E-state index contributed by atoms with van der Waals surface area (Å²) in [5.41, 5.74) is 0.517. The van der Waals surface area contributed by atoms with E-state index in [2.05, 4.69) is 30.3 Å². The quantitative estimate of drug-likeness (QED) is 0.316. The third-order valence-corrected chi connectivity index (χ3v) is 10.1. The summed E-state index contributed by atoms with van der Waals surface area (Å²) in [6.45, 7) is 11.7. The van der Waals surface area contributed by atoms with Gasteiger partial charge in [0.2, 0.25) is 0 Å². The molecular weight excluding hydrogens is 605 g/mol. The van der Waals surface area contributed by atoms with E-state index in [1.165, 1.54) is 37.4 Å². The molecule has 0 unspecified atom stereocenters. The fourth-order valence-corrected chi connectivity index (χ4v) is 7.35. The van der Waals surface area contributed by atoms with E-state index in [0.29, 0.717) is 30.3 Å². The lowest BCUT2D eigenvalue weighted by molar-refractivity contribution is 0.0499. The van der Waals surface area contributed by atoms with Gasteiger partial charge >= 0.3 is 6.09 Å². The normalized spacial score (nSPS) is 20.0. The molecular formula is C34H50FN7O5. The van der Waals surface area contributed by atoms with Gasteiger partial charge < -0.3 is 34.2 Å². The highest BCUT2D eigenvalue weighted by atomic mass is 19.1. The fourth-order valence-electron chi connectivity index (χ4n) is 7.35. The van der Waals surface area contributed by atoms with Crippen molar-refractivity contribution in [1.29, 1.82) is 0 Å². The second-order valence-electron chi connectivity index (χ2n) is 13.5. The van der Waals surface area contributed by atoms with Gasteiger partial charge in [0.1, 0.15) is 24.5 Å². The molecule has 1 atom stereocenters. The molecule has 1 aliphatic carbocycles. The molecule has 0 bridgehead atoms. The zero-order valence-corrected chi connectivity index (χ0v) is 28.3. The number of hydrogen-bond acceptors (Lipinski definition) is 10. The number of nitrogens with zero attached hydrogens (tertiary/aromatic N) is 6. The molecule has 3 fully saturated rings. The smallest absolute Gasteiger partial charge is 0.407 e. The molecule has 2 aliphatic heterocycles. The first-order valence-corrected chi connectivity index (χ1v) is 17.1. The monoisotopic (exact) mass is 655 g/mol. The Morgan fingerprint density at radius 3 is 2.57 bits per heavy atom. The number of alkyl carbamates (subject to hydrolysis) is 1. The molecule has 1 N–H and O–H groups in total. The summed E-state index contributed by atoms with van der Waals surface area (Å²) in [6, 6.07) is 4.09. The fraction of sp³-hybridized carbons (Fsp3) is 0.676. The standard InChI is InChI=1S/C34H50FN7O5/c1-5-42(24(2)3)32(43)28-20-26(35)6-7-29(28)47-31-30(36-23-37-39-31)41-15-10-25(22-41)21-40-16-13-34(14-17-40)11-8-27(9-12-34)38-33(44)46-19-18-45-4/h6-7,20,23-25,27H,5,8-19,21-22H2,1-4H3,(H,38,44)/t25-/m0/s1. The summed E-state index contributed by atoms with van der Waals surface area (Å²) < 4.78 is 30.6. The zero-order valence-electron chi connectivity index (χ0n) is 28.3. The lowest BCUT2D eigenvalue weighted by Crippen LogP contribution is -2.46. The molecule has 258 valence electrons. The van der Waals surface area contributed by atoms with Gasteiger partial charge in [0.15, 0.2) is 5.82 Å². The Bertz CT molecular complexity index is 1350. The van der Waals surface area contributed by atoms with Crippen molar-refractivity contribution in [2.24, 2.45) is 11.3 Å². The zero-order chi connectivity index (χ0) is 33.4. The van der Waals surface area contributed by atoms with Crippen LogP contribution in [-0.4, -0.2) is 109 Å². The number of aromatic nitrogens is 3. The minimum absolute atomic E-state index is 0.0504. The average Bonchev–Trinajstić information content (AvgIpc) is 3.53. The number of hydrogen-bond donors (Lipinski definition) is 1. The molecule has 2 aromatic rings. The van der Waals surface area contributed by atoms with E-state index in [4.69, 9.17) is 14.2 Å². The summed E-state index contributed by atoms with van der Waals surface area (Å²) in [4.78, 5) is 36.3. The lowest BCUT2D eigenvalue weighted by Gasteiger charge is -2.46. The molecule has 1 saturated carbocycles. The van der Waals surface area contributed by atoms with E-state index >= 15 is 0 Å². The average molecular weight is 656 g/mol. The number of halogens is 1. The van der Waals surface area contributed by atoms with E-state index in [9.17, 15) is 14.0 Å². The van der Waals surface area contributed by atoms with Gasteiger partial charge in [-0.1, -0.05) is 0 Å². The van der Waals surface area contributed by atoms with Crippen LogP contribution in [0.2, 0.25) is 0 Å². The van der Waals surface area contributed by atoms with Crippen LogP contribution in [0.4, 0.5) is 15.0 Å². The van der Waals surface area contributed by atoms with Crippen LogP contribution < -0.4 is 15.0 Å². The Balaban J connectivity index is 1.13. The summed E-state index contributed by atoms with van der Waals surface area (Å²) in [5.74, 6) is 0.668. The van der Waals surface area contributed by atoms with Crippen molar-refractivity contribution >= 4 is 17.8 Å². The molecule has 1 aromatic heterocycles. The van der Waals surface area contributed by atoms with Crippen molar-refractivity contribution in [2.75, 3.05) is 64.5 Å². The number of benzene rings is 1. The first-order chi connectivity index (χ1) is 22.7. The van der Waals surface area contributed by atoms with Crippen molar-refractivity contribution in [1.82, 2.24) is 30.3 Å². The highest BCUT2D eigenvalue weighted by Gasteiger charge is 2.39. The third-order valence-electron chi connectivity index (χ3n) is 10.1. The number of carbonyl (C=O) groups is 2. The number of methoxy groups -OCH3 is 1. The van der Waals surface area contributed by atoms with Gasteiger partial charge in [0.25, 0.3) is 11.8 Å². The Morgan fingerprint density at radius 1 is 1.11 bits per heavy atom. The molecule has 2 saturated heterocycles. The van der Waals surface area contributed by atoms with Crippen LogP contribution in [0.3, 0.4) is 0 Å². The molecule has 47 heavy (non-hydrogen) atoms. The lowest BCUT2D eigenvalue weighted by atomic mass is 9.67. The van der Waals surface area contributed by atoms with Gasteiger partial charge in [0.05, 0.1) is 12.2 Å². The van der Waals surface area contributed by atoms with Gasteiger partial charge in [-0.15, -0.1) is 10.2 Å². The van der Waals surface area contributed by atoms with E-state index in [-0.39, 0.29) is 47.9 Å². The Kier molecular flexibility index (Phi) is 11.8. The number of piperidine rings is 1. The van der Waals surface area contributed by atoms with Crippen LogP contribution >= 0.6 is 0 Å². The van der Waals surface area contributed by atoms with Crippen LogP contribution in [0.25, 0.3) is 0 Å². The Labute approximate surface area is 277 Å². The van der Waals surface area contributed by atoms with Crippen LogP contribution in [0.1, 0.15) is 76.1 Å². The molecule has 12 nitrogen and oxygen atoms in total. The summed E-state index contributed by atoms with van der Waals surface area (Å²) >= 11 is 0. The van der Waals surface area contributed by atoms with Gasteiger partial charge in [-0.2, -0.15) is 0 Å². The molecule has 5 rings (SSSR count). The van der Waals surface area contributed by atoms with E-state index < -0.39 is 5.82 Å². The minimum atomic E-state index is -0.510. The largest absolute Gasteiger partial charge is 0.447 e. The van der Waals surface area contributed by atoms with E-state index in [0.717, 1.165) is 64.8 Å². The number of carbonyl (C=O) groups excluding carboxylic acids is 2. The van der Waals surface area contributed by atoms with Crippen molar-refractivity contribution < 1.29 is 28.2 Å². The van der Waals surface area contributed by atoms with Crippen LogP contribution in [0.5, 0.6) is 11.6 Å². The maximum atomic E-state index is 14.3. The van der Waals surface area contributed by atoms with Gasteiger partial charge in [-0.25, -0.2) is 14.2 Å². The Morgan fingerprint density at radius 2 is 1.87 bits per heavy atom. The summed E-state index contributed by atoms with van der Waals surface area (Å²) in [6.07, 6.45) is 8.73. The Hall–Kier alpha value is -3.58. The second kappa shape index (κ2) is 16.0. The molecule has 0 radical (unpaired) electrons. The highest BCUT2D eigenvalue weighted by Crippen LogP contribution is 2.45. The molecule has 1 spiro atoms. The predicted octanol–water partition coefficient (Wildman–Crippen LogP) is 4.90. The molecule has 1 aromatic carbocycles. The van der Waals surface area contributed by atoms with Crippen molar-refractivity contribution in [2.45, 2.75) is 77.8 Å². The topological polar surface area (TPSA) is 122 Å². The molecule has 3 heterocycles. The number of nitrogens with one attached hydrogen (secondary N) is 1. The SMILES string of the molecule is CCN(C(=O)c1cc(F)ccc1Oc1nncnc1N1CC[C@@H](CN2CCC3(CCC(NC(=O)OCCOC)CC3)CC2)C1)C(C)C. The molecule has 2 amide bonds. The maximum absolute atomic E-state index is 14.3. The number of anilines is 1. The van der Waals surface area contributed by atoms with Crippen LogP contribution in [0, 0.1) is 17.2 Å². The number of rotatable bonds is 12. The second-order valence-corrected chi connectivity index (χ2v) is 13.5. The van der Waals surface area contributed by atoms with Crippen molar-refractivity contribution in [3.05, 3.63) is 35.9 Å². The van der Waals surface area contributed by atoms with E-state index in [1.807, 2.05) is 20.8 Å². The summed E-state index contributed by atoms with van der Waals surface area (Å²) in [7, 11) is 1.59. The minimum Gasteiger partial charge on any atom is -0.447 e. The highest BCUT2D eigenvalue weighted by molar-refractivity contribution is 5.97. The maximum Gasteiger partial charge on any atom is 0.407 e. The van der Waals surface area contributed by atoms with Gasteiger partial charge in [-0.3, -0.25) is 4.79 Å². The third kappa shape index (κ3) is 8.86. The molecule has 13 heteroatoms. The van der Waals surface area contributed by atoms with Gasteiger partial charge in [0, 0.05) is 45.4 Å². The number of amides is 2. The van der Waals surface area contributed by atoms with Crippen LogP contribution in [0.15, 0.2) is 24.5 Å². The summed E-state index contributed by atoms with van der Waals surface area (Å²) in [5, 5.41) is 11.2. The molecule has 3 aliphatic rings. The predicted molar refractivity (Wildman–Crippen MR) is 175 cm³/mol. The van der Waals surface area contributed by atoms with Crippen LogP contribution in [-0.2, 0) is 9.47 Å². The first kappa shape index (κ1) is 34.7. The van der Waals surface area contributed by atoms with Crippen molar-refractivity contribution in [3.8, 4) is 11.6 Å². The van der Waals surface area contributed by atoms with Gasteiger partial charge in [-0.05, 0) is 108 Å². The number of ether oxygens (including phenoxy) is 3. The number of likely N-dealkylation sites (tertiary alicyclic amines) is 1.